The maximum Gasteiger partial charge on any atom is 0.128 e. The molecule has 0 heterocycles. The van der Waals surface area contributed by atoms with Gasteiger partial charge in [0.2, 0.25) is 0 Å². The summed E-state index contributed by atoms with van der Waals surface area (Å²) in [5, 5.41) is 8.62. The molecule has 4 nitrogen and oxygen atoms in total. The van der Waals surface area contributed by atoms with Gasteiger partial charge in [-0.05, 0) is 0 Å². The monoisotopic (exact) mass is 197 g/mol. The molecule has 2 N–H and O–H groups in total. The van der Waals surface area contributed by atoms with E-state index in [4.69, 9.17) is 14.7 Å². The third-order valence-corrected chi connectivity index (χ3v) is 1.95. The predicted octanol–water partition coefficient (Wildman–Crippen LogP) is 1.32. The van der Waals surface area contributed by atoms with Crippen LogP contribution < -0.4 is 10.2 Å². The van der Waals surface area contributed by atoms with E-state index in [9.17, 15) is 0 Å². The average molecular weight is 197 g/mol. The number of hydrogen-bond donors (Lipinski definition) is 2. The third-order valence-electron chi connectivity index (χ3n) is 1.95. The summed E-state index contributed by atoms with van der Waals surface area (Å²) < 4.78 is 10.3. The highest BCUT2D eigenvalue weighted by Gasteiger charge is 2.07. The number of benzene rings is 1. The Labute approximate surface area is 83.4 Å². The molecule has 0 atom stereocenters. The highest BCUT2D eigenvalue weighted by molar-refractivity contribution is 5.41. The van der Waals surface area contributed by atoms with E-state index >= 15 is 0 Å². The van der Waals surface area contributed by atoms with Crippen LogP contribution in [0.4, 0.5) is 0 Å². The number of nitrogens with one attached hydrogen (secondary N) is 1. The topological polar surface area (TPSA) is 50.7 Å². The van der Waals surface area contributed by atoms with Crippen LogP contribution in [-0.4, -0.2) is 19.4 Å². The highest BCUT2D eigenvalue weighted by atomic mass is 16.5. The fraction of sp³-hybridized carbons (Fsp3) is 0.400. The molecule has 0 saturated carbocycles. The molecule has 0 aliphatic rings. The van der Waals surface area contributed by atoms with Gasteiger partial charge in [-0.15, -0.1) is 0 Å². The molecule has 0 spiro atoms. The predicted molar refractivity (Wildman–Crippen MR) is 52.3 cm³/mol. The Bertz CT molecular complexity index is 264. The van der Waals surface area contributed by atoms with Crippen LogP contribution in [0.5, 0.6) is 5.75 Å². The number of ether oxygens (including phenoxy) is 2. The molecule has 0 fully saturated rings. The zero-order valence-electron chi connectivity index (χ0n) is 8.41. The summed E-state index contributed by atoms with van der Waals surface area (Å²) in [5.41, 5.74) is 3.99. The SMILES string of the molecule is COCc1cccc(CNO)c1OC. The van der Waals surface area contributed by atoms with E-state index in [1.807, 2.05) is 18.2 Å². The smallest absolute Gasteiger partial charge is 0.128 e. The zero-order valence-corrected chi connectivity index (χ0v) is 8.41. The van der Waals surface area contributed by atoms with E-state index in [0.717, 1.165) is 16.9 Å². The molecule has 0 saturated heterocycles. The van der Waals surface area contributed by atoms with Gasteiger partial charge in [-0.2, -0.15) is 0 Å². The minimum Gasteiger partial charge on any atom is -0.496 e. The quantitative estimate of drug-likeness (QED) is 0.699. The molecular formula is C10H15NO3. The molecule has 1 aromatic carbocycles. The Hall–Kier alpha value is -1.10. The van der Waals surface area contributed by atoms with Crippen molar-refractivity contribution in [2.75, 3.05) is 14.2 Å². The second-order valence-corrected chi connectivity index (χ2v) is 2.88. The summed E-state index contributed by atoms with van der Waals surface area (Å²) in [7, 11) is 3.24. The van der Waals surface area contributed by atoms with Crippen LogP contribution in [0.15, 0.2) is 18.2 Å². The van der Waals surface area contributed by atoms with Gasteiger partial charge < -0.3 is 14.7 Å². The Morgan fingerprint density at radius 2 is 2.00 bits per heavy atom. The molecule has 0 radical (unpaired) electrons. The van der Waals surface area contributed by atoms with Crippen molar-refractivity contribution in [2.45, 2.75) is 13.2 Å². The van der Waals surface area contributed by atoms with Gasteiger partial charge in [-0.3, -0.25) is 0 Å². The Morgan fingerprint density at radius 3 is 2.57 bits per heavy atom. The van der Waals surface area contributed by atoms with Crippen molar-refractivity contribution in [3.63, 3.8) is 0 Å². The first-order chi connectivity index (χ1) is 6.83. The summed E-state index contributed by atoms with van der Waals surface area (Å²) in [6, 6.07) is 5.73. The first-order valence-electron chi connectivity index (χ1n) is 4.34. The van der Waals surface area contributed by atoms with Crippen LogP contribution in [0.2, 0.25) is 0 Å². The molecular weight excluding hydrogens is 182 g/mol. The van der Waals surface area contributed by atoms with Gasteiger partial charge in [-0.1, -0.05) is 18.2 Å². The van der Waals surface area contributed by atoms with Crippen molar-refractivity contribution in [3.8, 4) is 5.75 Å². The molecule has 0 aromatic heterocycles. The van der Waals surface area contributed by atoms with Crippen molar-refractivity contribution >= 4 is 0 Å². The van der Waals surface area contributed by atoms with Gasteiger partial charge in [0.05, 0.1) is 13.7 Å². The maximum atomic E-state index is 8.62. The molecule has 0 aliphatic carbocycles. The van der Waals surface area contributed by atoms with Crippen LogP contribution >= 0.6 is 0 Å². The van der Waals surface area contributed by atoms with Crippen molar-refractivity contribution in [1.82, 2.24) is 5.48 Å². The Balaban J connectivity index is 2.98. The molecule has 0 unspecified atom stereocenters. The van der Waals surface area contributed by atoms with E-state index < -0.39 is 0 Å². The van der Waals surface area contributed by atoms with E-state index in [-0.39, 0.29) is 0 Å². The van der Waals surface area contributed by atoms with Gasteiger partial charge in [0.1, 0.15) is 5.75 Å². The lowest BCUT2D eigenvalue weighted by Gasteiger charge is -2.12. The molecule has 0 amide bonds. The molecule has 0 aliphatic heterocycles. The van der Waals surface area contributed by atoms with Crippen molar-refractivity contribution < 1.29 is 14.7 Å². The summed E-state index contributed by atoms with van der Waals surface area (Å²) in [5.74, 6) is 0.760. The van der Waals surface area contributed by atoms with Crippen LogP contribution in [0.3, 0.4) is 0 Å². The summed E-state index contributed by atoms with van der Waals surface area (Å²) in [4.78, 5) is 0. The number of methoxy groups -OCH3 is 2. The van der Waals surface area contributed by atoms with E-state index in [0.29, 0.717) is 13.2 Å². The third kappa shape index (κ3) is 2.45. The number of para-hydroxylation sites is 1. The lowest BCUT2D eigenvalue weighted by molar-refractivity contribution is 0.159. The second-order valence-electron chi connectivity index (χ2n) is 2.88. The van der Waals surface area contributed by atoms with Crippen LogP contribution in [0.25, 0.3) is 0 Å². The molecule has 14 heavy (non-hydrogen) atoms. The molecule has 4 heteroatoms. The average Bonchev–Trinajstić information content (AvgIpc) is 2.19. The fourth-order valence-corrected chi connectivity index (χ4v) is 1.39. The Morgan fingerprint density at radius 1 is 1.29 bits per heavy atom. The second kappa shape index (κ2) is 5.59. The van der Waals surface area contributed by atoms with Crippen molar-refractivity contribution in [3.05, 3.63) is 29.3 Å². The first kappa shape index (κ1) is 11.0. The molecule has 1 aromatic rings. The van der Waals surface area contributed by atoms with Crippen LogP contribution in [-0.2, 0) is 17.9 Å². The van der Waals surface area contributed by atoms with Crippen molar-refractivity contribution in [1.29, 1.82) is 0 Å². The fourth-order valence-electron chi connectivity index (χ4n) is 1.39. The van der Waals surface area contributed by atoms with Gasteiger partial charge in [0.25, 0.3) is 0 Å². The zero-order chi connectivity index (χ0) is 10.4. The Kier molecular flexibility index (Phi) is 4.39. The van der Waals surface area contributed by atoms with Crippen LogP contribution in [0, 0.1) is 0 Å². The molecule has 0 bridgehead atoms. The number of rotatable bonds is 5. The van der Waals surface area contributed by atoms with Gasteiger partial charge in [-0.25, -0.2) is 5.48 Å². The maximum absolute atomic E-state index is 8.62. The largest absolute Gasteiger partial charge is 0.496 e. The lowest BCUT2D eigenvalue weighted by Crippen LogP contribution is -2.08. The summed E-state index contributed by atoms with van der Waals surface area (Å²) in [6.45, 7) is 0.864. The minimum absolute atomic E-state index is 0.362. The molecule has 78 valence electrons. The van der Waals surface area contributed by atoms with E-state index in [1.54, 1.807) is 14.2 Å². The normalized spacial score (nSPS) is 10.2. The van der Waals surface area contributed by atoms with Gasteiger partial charge in [0, 0.05) is 24.8 Å². The lowest BCUT2D eigenvalue weighted by atomic mass is 10.1. The van der Waals surface area contributed by atoms with Gasteiger partial charge >= 0.3 is 0 Å². The van der Waals surface area contributed by atoms with Crippen molar-refractivity contribution in [2.24, 2.45) is 0 Å². The highest BCUT2D eigenvalue weighted by Crippen LogP contribution is 2.24. The minimum atomic E-state index is 0.362. The molecule has 1 rings (SSSR count). The standard InChI is InChI=1S/C10H15NO3/c1-13-7-9-5-3-4-8(6-11-12)10(9)14-2/h3-5,11-12H,6-7H2,1-2H3. The number of hydrogen-bond acceptors (Lipinski definition) is 4. The first-order valence-corrected chi connectivity index (χ1v) is 4.34. The van der Waals surface area contributed by atoms with E-state index in [1.165, 1.54) is 0 Å². The van der Waals surface area contributed by atoms with Crippen LogP contribution in [0.1, 0.15) is 11.1 Å². The summed E-state index contributed by atoms with van der Waals surface area (Å²) >= 11 is 0. The van der Waals surface area contributed by atoms with E-state index in [2.05, 4.69) is 5.48 Å². The van der Waals surface area contributed by atoms with Gasteiger partial charge in [0.15, 0.2) is 0 Å². The number of hydroxylamine groups is 1. The summed E-state index contributed by atoms with van der Waals surface area (Å²) in [6.07, 6.45) is 0.